The maximum absolute atomic E-state index is 12.2. The van der Waals surface area contributed by atoms with Crippen LogP contribution in [-0.2, 0) is 9.53 Å². The topological polar surface area (TPSA) is 64.4 Å². The molecule has 0 aromatic rings. The maximum Gasteiger partial charge on any atom is 0.223 e. The first kappa shape index (κ1) is 12.8. The van der Waals surface area contributed by atoms with Crippen molar-refractivity contribution >= 4 is 5.91 Å². The minimum atomic E-state index is 0.129. The summed E-state index contributed by atoms with van der Waals surface area (Å²) in [7, 11) is 0. The third-order valence-electron chi connectivity index (χ3n) is 4.19. The zero-order valence-corrected chi connectivity index (χ0v) is 10.7. The summed E-state index contributed by atoms with van der Waals surface area (Å²) in [6, 6.07) is 0.129. The Hall–Kier alpha value is -0.610. The van der Waals surface area contributed by atoms with Gasteiger partial charge in [0, 0.05) is 12.5 Å². The van der Waals surface area contributed by atoms with Crippen molar-refractivity contribution in [2.24, 2.45) is 17.6 Å². The molecule has 1 heterocycles. The number of nitrogens with two attached hydrogens (primary N) is 1. The molecule has 4 heteroatoms. The Kier molecular flexibility index (Phi) is 4.40. The van der Waals surface area contributed by atoms with Crippen LogP contribution in [0.25, 0.3) is 0 Å². The number of rotatable bonds is 4. The predicted octanol–water partition coefficient (Wildman–Crippen LogP) is 1.05. The Morgan fingerprint density at radius 2 is 2.24 bits per heavy atom. The molecule has 0 aromatic carbocycles. The zero-order chi connectivity index (χ0) is 12.3. The van der Waals surface area contributed by atoms with Crippen LogP contribution in [0, 0.1) is 11.8 Å². The lowest BCUT2D eigenvalue weighted by molar-refractivity contribution is -0.127. The number of hydrogen-bond donors (Lipinski definition) is 2. The Labute approximate surface area is 103 Å². The van der Waals surface area contributed by atoms with E-state index >= 15 is 0 Å². The summed E-state index contributed by atoms with van der Waals surface area (Å²) >= 11 is 0. The fraction of sp³-hybridized carbons (Fsp3) is 0.923. The fourth-order valence-corrected chi connectivity index (χ4v) is 3.09. The van der Waals surface area contributed by atoms with E-state index < -0.39 is 0 Å². The highest BCUT2D eigenvalue weighted by Gasteiger charge is 2.33. The number of amides is 1. The van der Waals surface area contributed by atoms with Crippen LogP contribution in [0.4, 0.5) is 0 Å². The van der Waals surface area contributed by atoms with Gasteiger partial charge in [0.25, 0.3) is 0 Å². The molecule has 4 atom stereocenters. The first-order valence-corrected chi connectivity index (χ1v) is 6.84. The van der Waals surface area contributed by atoms with Crippen molar-refractivity contribution in [3.63, 3.8) is 0 Å². The predicted molar refractivity (Wildman–Crippen MR) is 66.5 cm³/mol. The van der Waals surface area contributed by atoms with Gasteiger partial charge in [0.15, 0.2) is 0 Å². The summed E-state index contributed by atoms with van der Waals surface area (Å²) in [5.74, 6) is 0.691. The Bertz CT molecular complexity index is 264. The number of ether oxygens (including phenoxy) is 1. The number of carbonyl (C=O) groups is 1. The van der Waals surface area contributed by atoms with Crippen molar-refractivity contribution in [1.29, 1.82) is 0 Å². The van der Waals surface area contributed by atoms with Crippen molar-refractivity contribution in [2.75, 3.05) is 13.2 Å². The second-order valence-electron chi connectivity index (χ2n) is 5.38. The Morgan fingerprint density at radius 3 is 2.88 bits per heavy atom. The van der Waals surface area contributed by atoms with Crippen LogP contribution in [0.5, 0.6) is 0 Å². The molecule has 0 bridgehead atoms. The number of nitrogens with one attached hydrogen (secondary N) is 1. The largest absolute Gasteiger partial charge is 0.376 e. The van der Waals surface area contributed by atoms with Gasteiger partial charge in [0.05, 0.1) is 12.1 Å². The van der Waals surface area contributed by atoms with Crippen molar-refractivity contribution in [1.82, 2.24) is 5.32 Å². The third-order valence-corrected chi connectivity index (χ3v) is 4.19. The van der Waals surface area contributed by atoms with Crippen molar-refractivity contribution in [2.45, 2.75) is 51.2 Å². The van der Waals surface area contributed by atoms with Crippen LogP contribution in [0.2, 0.25) is 0 Å². The minimum absolute atomic E-state index is 0.129. The van der Waals surface area contributed by atoms with Gasteiger partial charge in [0.1, 0.15) is 0 Å². The molecule has 3 N–H and O–H groups in total. The van der Waals surface area contributed by atoms with E-state index in [4.69, 9.17) is 10.5 Å². The van der Waals surface area contributed by atoms with Gasteiger partial charge in [-0.1, -0.05) is 6.42 Å². The lowest BCUT2D eigenvalue weighted by atomic mass is 9.95. The first-order valence-electron chi connectivity index (χ1n) is 6.84. The SMILES string of the molecule is CC(NC(=O)C1CCCC1CN)C1CCCO1. The van der Waals surface area contributed by atoms with Crippen molar-refractivity contribution < 1.29 is 9.53 Å². The van der Waals surface area contributed by atoms with Crippen LogP contribution in [0.15, 0.2) is 0 Å². The molecule has 0 radical (unpaired) electrons. The van der Waals surface area contributed by atoms with Crippen LogP contribution in [0.3, 0.4) is 0 Å². The average molecular weight is 240 g/mol. The van der Waals surface area contributed by atoms with Gasteiger partial charge < -0.3 is 15.8 Å². The van der Waals surface area contributed by atoms with Crippen molar-refractivity contribution in [3.8, 4) is 0 Å². The quantitative estimate of drug-likeness (QED) is 0.772. The van der Waals surface area contributed by atoms with E-state index in [-0.39, 0.29) is 24.0 Å². The molecular formula is C13H24N2O2. The standard InChI is InChI=1S/C13H24N2O2/c1-9(12-6-3-7-17-12)15-13(16)11-5-2-4-10(11)8-14/h9-12H,2-8,14H2,1H3,(H,15,16). The van der Waals surface area contributed by atoms with Gasteiger partial charge >= 0.3 is 0 Å². The lowest BCUT2D eigenvalue weighted by Gasteiger charge is -2.24. The van der Waals surface area contributed by atoms with E-state index in [0.717, 1.165) is 38.7 Å². The molecule has 98 valence electrons. The third kappa shape index (κ3) is 2.99. The van der Waals surface area contributed by atoms with Gasteiger partial charge in [-0.25, -0.2) is 0 Å². The number of hydrogen-bond acceptors (Lipinski definition) is 3. The van der Waals surface area contributed by atoms with E-state index in [9.17, 15) is 4.79 Å². The molecule has 4 nitrogen and oxygen atoms in total. The molecule has 2 aliphatic rings. The highest BCUT2D eigenvalue weighted by molar-refractivity contribution is 5.79. The molecule has 0 aromatic heterocycles. The Morgan fingerprint density at radius 1 is 1.41 bits per heavy atom. The monoisotopic (exact) mass is 240 g/mol. The highest BCUT2D eigenvalue weighted by Crippen LogP contribution is 2.31. The summed E-state index contributed by atoms with van der Waals surface area (Å²) in [5, 5.41) is 3.11. The zero-order valence-electron chi connectivity index (χ0n) is 10.7. The Balaban J connectivity index is 1.83. The molecule has 2 rings (SSSR count). The van der Waals surface area contributed by atoms with Crippen LogP contribution < -0.4 is 11.1 Å². The van der Waals surface area contributed by atoms with Gasteiger partial charge in [0.2, 0.25) is 5.91 Å². The lowest BCUT2D eigenvalue weighted by Crippen LogP contribution is -2.45. The molecule has 1 amide bonds. The van der Waals surface area contributed by atoms with Crippen LogP contribution in [-0.4, -0.2) is 31.2 Å². The van der Waals surface area contributed by atoms with Gasteiger partial charge in [-0.15, -0.1) is 0 Å². The van der Waals surface area contributed by atoms with E-state index in [1.165, 1.54) is 0 Å². The van der Waals surface area contributed by atoms with Crippen LogP contribution in [0.1, 0.15) is 39.0 Å². The maximum atomic E-state index is 12.2. The molecule has 2 fully saturated rings. The molecule has 4 unspecified atom stereocenters. The molecule has 1 aliphatic carbocycles. The van der Waals surface area contributed by atoms with Gasteiger partial charge in [-0.05, 0) is 45.1 Å². The summed E-state index contributed by atoms with van der Waals surface area (Å²) in [6.07, 6.45) is 5.60. The van der Waals surface area contributed by atoms with E-state index in [1.807, 2.05) is 6.92 Å². The average Bonchev–Trinajstić information content (AvgIpc) is 2.99. The van der Waals surface area contributed by atoms with E-state index in [2.05, 4.69) is 5.32 Å². The normalized spacial score (nSPS) is 34.8. The number of carbonyl (C=O) groups excluding carboxylic acids is 1. The highest BCUT2D eigenvalue weighted by atomic mass is 16.5. The molecule has 17 heavy (non-hydrogen) atoms. The van der Waals surface area contributed by atoms with E-state index in [0.29, 0.717) is 12.5 Å². The summed E-state index contributed by atoms with van der Waals surface area (Å²) in [5.41, 5.74) is 5.71. The summed E-state index contributed by atoms with van der Waals surface area (Å²) in [4.78, 5) is 12.2. The van der Waals surface area contributed by atoms with Gasteiger partial charge in [-0.2, -0.15) is 0 Å². The fourth-order valence-electron chi connectivity index (χ4n) is 3.09. The molecule has 1 saturated carbocycles. The molecule has 1 aliphatic heterocycles. The smallest absolute Gasteiger partial charge is 0.223 e. The van der Waals surface area contributed by atoms with E-state index in [1.54, 1.807) is 0 Å². The van der Waals surface area contributed by atoms with Gasteiger partial charge in [-0.3, -0.25) is 4.79 Å². The van der Waals surface area contributed by atoms with Crippen LogP contribution >= 0.6 is 0 Å². The second kappa shape index (κ2) is 5.83. The molecule has 1 saturated heterocycles. The summed E-state index contributed by atoms with van der Waals surface area (Å²) in [6.45, 7) is 3.51. The molecular weight excluding hydrogens is 216 g/mol. The van der Waals surface area contributed by atoms with Crippen molar-refractivity contribution in [3.05, 3.63) is 0 Å². The first-order chi connectivity index (χ1) is 8.22. The minimum Gasteiger partial charge on any atom is -0.376 e. The molecule has 0 spiro atoms. The second-order valence-corrected chi connectivity index (χ2v) is 5.38. The summed E-state index contributed by atoms with van der Waals surface area (Å²) < 4.78 is 5.59.